The summed E-state index contributed by atoms with van der Waals surface area (Å²) in [5, 5.41) is 4.05. The number of nitrogen functional groups attached to an aromatic ring is 1. The number of anilines is 2. The van der Waals surface area contributed by atoms with Gasteiger partial charge in [-0.15, -0.1) is 0 Å². The van der Waals surface area contributed by atoms with Gasteiger partial charge in [-0.3, -0.25) is 4.79 Å². The maximum atomic E-state index is 12.0. The largest absolute Gasteiger partial charge is 0.384 e. The van der Waals surface area contributed by atoms with Crippen LogP contribution in [-0.2, 0) is 4.79 Å². The highest BCUT2D eigenvalue weighted by atomic mass is 16.1. The topological polar surface area (TPSA) is 97.0 Å². The van der Waals surface area contributed by atoms with Crippen LogP contribution in [0.1, 0.15) is 12.0 Å². The summed E-state index contributed by atoms with van der Waals surface area (Å²) in [5.74, 6) is 3.28. The Morgan fingerprint density at radius 1 is 1.13 bits per heavy atom. The zero-order valence-corrected chi connectivity index (χ0v) is 16.6. The normalized spacial score (nSPS) is 22.4. The summed E-state index contributed by atoms with van der Waals surface area (Å²) in [6, 6.07) is 11.6. The van der Waals surface area contributed by atoms with Crippen LogP contribution in [0.3, 0.4) is 0 Å². The standard InChI is InChI=1S/C23H24N6O/c24-21-7-5-15(11-26-21)6-8-22(30)25-10-9-17-18-13-29(14-19(17)18)23-27-12-16-3-1-2-4-20(16)28-23/h1-8,11-12,17-19H,9-10,13-14H2,(H2,24,26)(H,25,30)/b8-6+/t17?,18-,19+. The number of fused-ring (bicyclic) bond motifs is 2. The van der Waals surface area contributed by atoms with Crippen molar-refractivity contribution in [2.45, 2.75) is 6.42 Å². The molecule has 30 heavy (non-hydrogen) atoms. The third kappa shape index (κ3) is 3.83. The molecule has 1 aromatic carbocycles. The van der Waals surface area contributed by atoms with E-state index in [1.54, 1.807) is 24.4 Å². The fourth-order valence-corrected chi connectivity index (χ4v) is 4.46. The van der Waals surface area contributed by atoms with Gasteiger partial charge in [-0.05, 0) is 54.0 Å². The maximum Gasteiger partial charge on any atom is 0.244 e. The van der Waals surface area contributed by atoms with Crippen LogP contribution in [-0.4, -0.2) is 40.5 Å². The summed E-state index contributed by atoms with van der Waals surface area (Å²) >= 11 is 0. The number of hydrogen-bond donors (Lipinski definition) is 2. The summed E-state index contributed by atoms with van der Waals surface area (Å²) in [5.41, 5.74) is 7.41. The van der Waals surface area contributed by atoms with E-state index in [1.807, 2.05) is 36.5 Å². The molecular formula is C23H24N6O. The molecule has 1 unspecified atom stereocenters. The molecule has 0 spiro atoms. The second-order valence-electron chi connectivity index (χ2n) is 8.05. The van der Waals surface area contributed by atoms with Crippen LogP contribution >= 0.6 is 0 Å². The third-order valence-corrected chi connectivity index (χ3v) is 6.14. The maximum absolute atomic E-state index is 12.0. The van der Waals surface area contributed by atoms with Gasteiger partial charge in [0.05, 0.1) is 5.52 Å². The van der Waals surface area contributed by atoms with Crippen molar-refractivity contribution >= 4 is 34.7 Å². The predicted molar refractivity (Wildman–Crippen MR) is 118 cm³/mol. The first-order valence-corrected chi connectivity index (χ1v) is 10.3. The summed E-state index contributed by atoms with van der Waals surface area (Å²) in [4.78, 5) is 27.6. The van der Waals surface area contributed by atoms with Gasteiger partial charge in [0.15, 0.2) is 0 Å². The lowest BCUT2D eigenvalue weighted by atomic mass is 10.2. The van der Waals surface area contributed by atoms with Crippen LogP contribution in [0.4, 0.5) is 11.8 Å². The van der Waals surface area contributed by atoms with Crippen molar-refractivity contribution in [3.63, 3.8) is 0 Å². The molecule has 1 aliphatic carbocycles. The summed E-state index contributed by atoms with van der Waals surface area (Å²) in [6.07, 6.45) is 7.86. The molecule has 1 aliphatic heterocycles. The Balaban J connectivity index is 1.07. The smallest absolute Gasteiger partial charge is 0.244 e. The second-order valence-corrected chi connectivity index (χ2v) is 8.05. The molecule has 3 N–H and O–H groups in total. The van der Waals surface area contributed by atoms with Crippen molar-refractivity contribution in [1.29, 1.82) is 0 Å². The fourth-order valence-electron chi connectivity index (χ4n) is 4.46. The Hall–Kier alpha value is -3.48. The minimum Gasteiger partial charge on any atom is -0.384 e. The van der Waals surface area contributed by atoms with Crippen molar-refractivity contribution in [3.05, 3.63) is 60.4 Å². The van der Waals surface area contributed by atoms with E-state index >= 15 is 0 Å². The van der Waals surface area contributed by atoms with Gasteiger partial charge in [0.2, 0.25) is 11.9 Å². The number of amides is 1. The highest BCUT2D eigenvalue weighted by Crippen LogP contribution is 2.53. The Bertz CT molecular complexity index is 1080. The molecule has 3 aromatic rings. The lowest BCUT2D eigenvalue weighted by Crippen LogP contribution is -2.27. The van der Waals surface area contributed by atoms with Crippen molar-refractivity contribution in [1.82, 2.24) is 20.3 Å². The molecule has 152 valence electrons. The molecule has 2 fully saturated rings. The van der Waals surface area contributed by atoms with Crippen LogP contribution in [0.5, 0.6) is 0 Å². The van der Waals surface area contributed by atoms with Crippen molar-refractivity contribution in [3.8, 4) is 0 Å². The monoisotopic (exact) mass is 400 g/mol. The highest BCUT2D eigenvalue weighted by Gasteiger charge is 2.55. The average Bonchev–Trinajstić information content (AvgIpc) is 3.21. The van der Waals surface area contributed by atoms with Gasteiger partial charge in [0.1, 0.15) is 5.82 Å². The van der Waals surface area contributed by atoms with Crippen molar-refractivity contribution < 1.29 is 4.79 Å². The Morgan fingerprint density at radius 3 is 2.77 bits per heavy atom. The Labute approximate surface area is 175 Å². The summed E-state index contributed by atoms with van der Waals surface area (Å²) in [7, 11) is 0. The zero-order valence-electron chi connectivity index (χ0n) is 16.6. The molecule has 2 aromatic heterocycles. The average molecular weight is 400 g/mol. The fraction of sp³-hybridized carbons (Fsp3) is 0.304. The van der Waals surface area contributed by atoms with Crippen LogP contribution in [0.15, 0.2) is 54.9 Å². The first kappa shape index (κ1) is 18.5. The molecule has 1 saturated heterocycles. The van der Waals surface area contributed by atoms with Gasteiger partial charge < -0.3 is 16.0 Å². The number of piperidine rings is 1. The molecule has 0 bridgehead atoms. The van der Waals surface area contributed by atoms with Gasteiger partial charge in [-0.1, -0.05) is 18.2 Å². The van der Waals surface area contributed by atoms with Crippen LogP contribution in [0.2, 0.25) is 0 Å². The number of nitrogens with zero attached hydrogens (tertiary/aromatic N) is 4. The highest BCUT2D eigenvalue weighted by molar-refractivity contribution is 5.91. The number of para-hydroxylation sites is 1. The van der Waals surface area contributed by atoms with E-state index in [-0.39, 0.29) is 5.91 Å². The number of aromatic nitrogens is 3. The number of carbonyl (C=O) groups excluding carboxylic acids is 1. The molecule has 7 nitrogen and oxygen atoms in total. The van der Waals surface area contributed by atoms with Gasteiger partial charge in [0, 0.05) is 43.5 Å². The number of pyridine rings is 1. The van der Waals surface area contributed by atoms with Crippen LogP contribution < -0.4 is 16.0 Å². The number of hydrogen-bond acceptors (Lipinski definition) is 6. The number of nitrogens with one attached hydrogen (secondary N) is 1. The van der Waals surface area contributed by atoms with E-state index in [4.69, 9.17) is 10.7 Å². The van der Waals surface area contributed by atoms with Crippen LogP contribution in [0, 0.1) is 17.8 Å². The lowest BCUT2D eigenvalue weighted by molar-refractivity contribution is -0.116. The van der Waals surface area contributed by atoms with E-state index in [9.17, 15) is 4.79 Å². The second kappa shape index (κ2) is 7.74. The minimum absolute atomic E-state index is 0.0798. The Kier molecular flexibility index (Phi) is 4.78. The SMILES string of the molecule is Nc1ccc(/C=C/C(=O)NCCC2[C@H]3CN(c4ncc5ccccc5n4)C[C@@H]23)cn1. The number of carbonyl (C=O) groups is 1. The van der Waals surface area contributed by atoms with E-state index < -0.39 is 0 Å². The molecule has 7 heteroatoms. The Morgan fingerprint density at radius 2 is 1.97 bits per heavy atom. The first-order chi connectivity index (χ1) is 14.7. The quantitative estimate of drug-likeness (QED) is 0.617. The summed E-state index contributed by atoms with van der Waals surface area (Å²) in [6.45, 7) is 2.71. The first-order valence-electron chi connectivity index (χ1n) is 10.3. The molecule has 2 aliphatic rings. The van der Waals surface area contributed by atoms with E-state index in [1.165, 1.54) is 0 Å². The van der Waals surface area contributed by atoms with Gasteiger partial charge in [-0.25, -0.2) is 15.0 Å². The lowest BCUT2D eigenvalue weighted by Gasteiger charge is -2.20. The number of benzene rings is 1. The molecule has 0 radical (unpaired) electrons. The number of rotatable bonds is 6. The molecule has 5 rings (SSSR count). The van der Waals surface area contributed by atoms with Gasteiger partial charge >= 0.3 is 0 Å². The van der Waals surface area contributed by atoms with Crippen LogP contribution in [0.25, 0.3) is 17.0 Å². The van der Waals surface area contributed by atoms with E-state index in [2.05, 4.69) is 20.2 Å². The molecule has 1 amide bonds. The molecule has 1 saturated carbocycles. The van der Waals surface area contributed by atoms with E-state index in [0.717, 1.165) is 41.9 Å². The molecule has 3 atom stereocenters. The zero-order chi connectivity index (χ0) is 20.5. The predicted octanol–water partition coefficient (Wildman–Crippen LogP) is 2.51. The van der Waals surface area contributed by atoms with Gasteiger partial charge in [-0.2, -0.15) is 0 Å². The molecule has 3 heterocycles. The molecular weight excluding hydrogens is 376 g/mol. The minimum atomic E-state index is -0.0798. The number of nitrogens with two attached hydrogens (primary N) is 1. The summed E-state index contributed by atoms with van der Waals surface area (Å²) < 4.78 is 0. The van der Waals surface area contributed by atoms with Gasteiger partial charge in [0.25, 0.3) is 0 Å². The van der Waals surface area contributed by atoms with E-state index in [0.29, 0.717) is 30.1 Å². The van der Waals surface area contributed by atoms with Crippen molar-refractivity contribution in [2.24, 2.45) is 17.8 Å². The third-order valence-electron chi connectivity index (χ3n) is 6.14. The van der Waals surface area contributed by atoms with Crippen molar-refractivity contribution in [2.75, 3.05) is 30.3 Å².